The summed E-state index contributed by atoms with van der Waals surface area (Å²) in [5.74, 6) is 0.672. The molecule has 0 bridgehead atoms. The number of aliphatic hydroxyl groups excluding tert-OH is 1. The quantitative estimate of drug-likeness (QED) is 0.260. The van der Waals surface area contributed by atoms with Crippen molar-refractivity contribution >= 4 is 5.97 Å². The van der Waals surface area contributed by atoms with Crippen LogP contribution in [-0.4, -0.2) is 22.3 Å². The lowest BCUT2D eigenvalue weighted by Gasteiger charge is -2.11. The molecular formula is C23H38O3. The van der Waals surface area contributed by atoms with Crippen molar-refractivity contribution in [1.82, 2.24) is 0 Å². The number of aliphatic hydroxyl groups is 1. The molecule has 0 aliphatic heterocycles. The summed E-state index contributed by atoms with van der Waals surface area (Å²) in [4.78, 5) is 10.4. The SMILES string of the molecule is CCCCC/C=C\CC[C@@H](/C=C/[C@@H](O)C/C=C\CCCC(=O)O)C1CC1. The minimum Gasteiger partial charge on any atom is -0.481 e. The van der Waals surface area contributed by atoms with Gasteiger partial charge in [-0.1, -0.05) is 56.2 Å². The third-order valence-corrected chi connectivity index (χ3v) is 4.92. The average Bonchev–Trinajstić information content (AvgIpc) is 3.44. The fourth-order valence-corrected chi connectivity index (χ4v) is 3.12. The van der Waals surface area contributed by atoms with Gasteiger partial charge in [-0.25, -0.2) is 0 Å². The topological polar surface area (TPSA) is 57.5 Å². The number of carbonyl (C=O) groups is 1. The van der Waals surface area contributed by atoms with Crippen LogP contribution < -0.4 is 0 Å². The van der Waals surface area contributed by atoms with E-state index in [1.807, 2.05) is 18.2 Å². The molecule has 1 fully saturated rings. The zero-order valence-corrected chi connectivity index (χ0v) is 16.5. The van der Waals surface area contributed by atoms with Gasteiger partial charge in [0.05, 0.1) is 6.10 Å². The van der Waals surface area contributed by atoms with Crippen molar-refractivity contribution in [3.05, 3.63) is 36.5 Å². The molecule has 0 radical (unpaired) electrons. The summed E-state index contributed by atoms with van der Waals surface area (Å²) in [6, 6.07) is 0. The predicted octanol–water partition coefficient (Wildman–Crippen LogP) is 6.05. The average molecular weight is 363 g/mol. The molecule has 3 heteroatoms. The van der Waals surface area contributed by atoms with Crippen molar-refractivity contribution in [3.8, 4) is 0 Å². The Morgan fingerprint density at radius 2 is 1.69 bits per heavy atom. The summed E-state index contributed by atoms with van der Waals surface area (Å²) in [7, 11) is 0. The second-order valence-electron chi connectivity index (χ2n) is 7.49. The molecule has 0 aromatic carbocycles. The van der Waals surface area contributed by atoms with Gasteiger partial charge in [-0.3, -0.25) is 4.79 Å². The minimum absolute atomic E-state index is 0.211. The molecule has 0 heterocycles. The van der Waals surface area contributed by atoms with E-state index in [-0.39, 0.29) is 6.42 Å². The number of hydrogen-bond donors (Lipinski definition) is 2. The Hall–Kier alpha value is -1.35. The van der Waals surface area contributed by atoms with Gasteiger partial charge in [0.2, 0.25) is 0 Å². The standard InChI is InChI=1S/C23H38O3/c1-2-3-4-5-6-7-10-13-20(21-16-17-21)18-19-22(24)14-11-8-9-12-15-23(25)26/h6-8,11,18-22,24H,2-5,9-10,12-17H2,1H3,(H,25,26)/b7-6-,11-8-,19-18+/t20-,22-/m0/s1. The first-order valence-corrected chi connectivity index (χ1v) is 10.5. The van der Waals surface area contributed by atoms with Crippen LogP contribution in [0, 0.1) is 11.8 Å². The van der Waals surface area contributed by atoms with Crippen molar-refractivity contribution in [2.75, 3.05) is 0 Å². The maximum atomic E-state index is 10.4. The first kappa shape index (κ1) is 22.7. The highest BCUT2D eigenvalue weighted by atomic mass is 16.4. The number of carboxylic acid groups (broad SMARTS) is 1. The van der Waals surface area contributed by atoms with Gasteiger partial charge in [0.1, 0.15) is 0 Å². The zero-order chi connectivity index (χ0) is 19.0. The summed E-state index contributed by atoms with van der Waals surface area (Å²) in [5, 5.41) is 18.7. The fourth-order valence-electron chi connectivity index (χ4n) is 3.12. The molecule has 26 heavy (non-hydrogen) atoms. The Morgan fingerprint density at radius 3 is 2.38 bits per heavy atom. The molecule has 148 valence electrons. The third-order valence-electron chi connectivity index (χ3n) is 4.92. The third kappa shape index (κ3) is 12.9. The van der Waals surface area contributed by atoms with E-state index >= 15 is 0 Å². The summed E-state index contributed by atoms with van der Waals surface area (Å²) < 4.78 is 0. The first-order chi connectivity index (χ1) is 12.6. The molecule has 0 spiro atoms. The van der Waals surface area contributed by atoms with Gasteiger partial charge in [-0.05, 0) is 69.6 Å². The Balaban J connectivity index is 2.19. The molecule has 0 aromatic rings. The van der Waals surface area contributed by atoms with Crippen LogP contribution in [0.5, 0.6) is 0 Å². The number of allylic oxidation sites excluding steroid dienone is 4. The molecule has 1 rings (SSSR count). The summed E-state index contributed by atoms with van der Waals surface area (Å²) in [6.45, 7) is 2.24. The van der Waals surface area contributed by atoms with Crippen molar-refractivity contribution in [3.63, 3.8) is 0 Å². The van der Waals surface area contributed by atoms with Crippen LogP contribution in [0.1, 0.15) is 84.0 Å². The van der Waals surface area contributed by atoms with E-state index in [2.05, 4.69) is 25.2 Å². The van der Waals surface area contributed by atoms with E-state index in [9.17, 15) is 9.90 Å². The zero-order valence-electron chi connectivity index (χ0n) is 16.5. The van der Waals surface area contributed by atoms with Gasteiger partial charge in [0.15, 0.2) is 0 Å². The van der Waals surface area contributed by atoms with Crippen molar-refractivity contribution in [1.29, 1.82) is 0 Å². The molecule has 3 nitrogen and oxygen atoms in total. The summed E-state index contributed by atoms with van der Waals surface area (Å²) in [6.07, 6.45) is 24.7. The Morgan fingerprint density at radius 1 is 1.00 bits per heavy atom. The number of rotatable bonds is 16. The Kier molecular flexibility index (Phi) is 12.9. The molecule has 1 saturated carbocycles. The van der Waals surface area contributed by atoms with Gasteiger partial charge >= 0.3 is 5.97 Å². The van der Waals surface area contributed by atoms with Gasteiger partial charge in [0.25, 0.3) is 0 Å². The predicted molar refractivity (Wildman–Crippen MR) is 109 cm³/mol. The molecule has 2 N–H and O–H groups in total. The van der Waals surface area contributed by atoms with Crippen LogP contribution in [0.15, 0.2) is 36.5 Å². The molecule has 0 unspecified atom stereocenters. The van der Waals surface area contributed by atoms with Crippen LogP contribution >= 0.6 is 0 Å². The van der Waals surface area contributed by atoms with Crippen LogP contribution in [0.2, 0.25) is 0 Å². The number of hydrogen-bond acceptors (Lipinski definition) is 2. The minimum atomic E-state index is -0.747. The second-order valence-corrected chi connectivity index (χ2v) is 7.49. The lowest BCUT2D eigenvalue weighted by atomic mass is 9.96. The van der Waals surface area contributed by atoms with Crippen LogP contribution in [-0.2, 0) is 4.79 Å². The summed E-state index contributed by atoms with van der Waals surface area (Å²) >= 11 is 0. The molecule has 1 aliphatic carbocycles. The molecular weight excluding hydrogens is 324 g/mol. The first-order valence-electron chi connectivity index (χ1n) is 10.5. The molecule has 0 amide bonds. The number of aliphatic carboxylic acids is 1. The molecule has 1 aliphatic rings. The Bertz CT molecular complexity index is 446. The van der Waals surface area contributed by atoms with Crippen LogP contribution in [0.3, 0.4) is 0 Å². The number of unbranched alkanes of at least 4 members (excludes halogenated alkanes) is 4. The highest BCUT2D eigenvalue weighted by Gasteiger charge is 2.28. The van der Waals surface area contributed by atoms with E-state index in [0.717, 1.165) is 18.8 Å². The summed E-state index contributed by atoms with van der Waals surface area (Å²) in [5.41, 5.74) is 0. The second kappa shape index (κ2) is 14.8. The van der Waals surface area contributed by atoms with E-state index in [1.165, 1.54) is 44.9 Å². The molecule has 0 aromatic heterocycles. The van der Waals surface area contributed by atoms with Gasteiger partial charge in [-0.15, -0.1) is 0 Å². The molecule has 2 atom stereocenters. The Labute approximate surface area is 159 Å². The van der Waals surface area contributed by atoms with E-state index in [4.69, 9.17) is 5.11 Å². The van der Waals surface area contributed by atoms with E-state index in [0.29, 0.717) is 18.8 Å². The highest BCUT2D eigenvalue weighted by molar-refractivity contribution is 5.66. The van der Waals surface area contributed by atoms with Gasteiger partial charge in [-0.2, -0.15) is 0 Å². The number of carboxylic acids is 1. The normalized spacial score (nSPS) is 17.5. The monoisotopic (exact) mass is 362 g/mol. The van der Waals surface area contributed by atoms with Crippen molar-refractivity contribution < 1.29 is 15.0 Å². The van der Waals surface area contributed by atoms with Crippen LogP contribution in [0.25, 0.3) is 0 Å². The largest absolute Gasteiger partial charge is 0.481 e. The maximum absolute atomic E-state index is 10.4. The lowest BCUT2D eigenvalue weighted by molar-refractivity contribution is -0.137. The van der Waals surface area contributed by atoms with Crippen molar-refractivity contribution in [2.45, 2.75) is 90.1 Å². The molecule has 0 saturated heterocycles. The lowest BCUT2D eigenvalue weighted by Crippen LogP contribution is -2.04. The van der Waals surface area contributed by atoms with E-state index < -0.39 is 12.1 Å². The van der Waals surface area contributed by atoms with Crippen LogP contribution in [0.4, 0.5) is 0 Å². The van der Waals surface area contributed by atoms with Gasteiger partial charge in [0, 0.05) is 6.42 Å². The van der Waals surface area contributed by atoms with E-state index in [1.54, 1.807) is 0 Å². The highest BCUT2D eigenvalue weighted by Crippen LogP contribution is 2.40. The van der Waals surface area contributed by atoms with Crippen molar-refractivity contribution in [2.24, 2.45) is 11.8 Å². The maximum Gasteiger partial charge on any atom is 0.303 e. The van der Waals surface area contributed by atoms with Gasteiger partial charge < -0.3 is 10.2 Å². The fraction of sp³-hybridized carbons (Fsp3) is 0.696. The smallest absolute Gasteiger partial charge is 0.303 e.